The van der Waals surface area contributed by atoms with Crippen molar-refractivity contribution in [1.29, 1.82) is 0 Å². The van der Waals surface area contributed by atoms with E-state index in [1.54, 1.807) is 11.0 Å². The molecule has 1 aliphatic heterocycles. The third-order valence-electron chi connectivity index (χ3n) is 3.75. The molecule has 2 heterocycles. The number of nitrogens with zero attached hydrogens (tertiary/aromatic N) is 2. The van der Waals surface area contributed by atoms with Gasteiger partial charge in [-0.25, -0.2) is 4.79 Å². The Balaban J connectivity index is 1.91. The summed E-state index contributed by atoms with van der Waals surface area (Å²) < 4.78 is 0. The molecular formula is C16H24N4O3. The van der Waals surface area contributed by atoms with Crippen LogP contribution in [0.15, 0.2) is 10.9 Å². The van der Waals surface area contributed by atoms with Gasteiger partial charge in [-0.05, 0) is 31.2 Å². The lowest BCUT2D eigenvalue weighted by Crippen LogP contribution is -2.41. The van der Waals surface area contributed by atoms with Crippen molar-refractivity contribution in [3.8, 4) is 0 Å². The second kappa shape index (κ2) is 7.89. The zero-order chi connectivity index (χ0) is 16.8. The van der Waals surface area contributed by atoms with Crippen LogP contribution >= 0.6 is 0 Å². The number of amides is 2. The Morgan fingerprint density at radius 2 is 2.17 bits per heavy atom. The standard InChI is InChI=1S/C16H24N4O3/c1-11(2)9-12-10-13(19-16(23)18-12)15(22)17-6-8-20-7-4-3-5-14(20)21/h10-11H,3-9H2,1-2H3,(H,17,22)(H,18,19,23). The van der Waals surface area contributed by atoms with Crippen molar-refractivity contribution in [2.24, 2.45) is 5.92 Å². The second-order valence-corrected chi connectivity index (χ2v) is 6.29. The zero-order valence-electron chi connectivity index (χ0n) is 13.7. The van der Waals surface area contributed by atoms with Gasteiger partial charge in [0, 0.05) is 31.7 Å². The maximum absolute atomic E-state index is 12.1. The fourth-order valence-corrected chi connectivity index (χ4v) is 2.67. The van der Waals surface area contributed by atoms with Crippen LogP contribution < -0.4 is 11.0 Å². The lowest BCUT2D eigenvalue weighted by Gasteiger charge is -2.26. The molecule has 23 heavy (non-hydrogen) atoms. The first-order valence-electron chi connectivity index (χ1n) is 8.12. The molecule has 2 rings (SSSR count). The number of carbonyl (C=O) groups is 2. The highest BCUT2D eigenvalue weighted by atomic mass is 16.2. The minimum atomic E-state index is -0.514. The summed E-state index contributed by atoms with van der Waals surface area (Å²) in [7, 11) is 0. The van der Waals surface area contributed by atoms with Crippen LogP contribution in [-0.2, 0) is 11.2 Å². The Morgan fingerprint density at radius 3 is 2.87 bits per heavy atom. The van der Waals surface area contributed by atoms with Crippen molar-refractivity contribution in [1.82, 2.24) is 20.2 Å². The van der Waals surface area contributed by atoms with E-state index in [1.807, 2.05) is 13.8 Å². The largest absolute Gasteiger partial charge is 0.349 e. The first kappa shape index (κ1) is 17.2. The molecular weight excluding hydrogens is 296 g/mol. The van der Waals surface area contributed by atoms with E-state index in [-0.39, 0.29) is 17.5 Å². The Kier molecular flexibility index (Phi) is 5.90. The van der Waals surface area contributed by atoms with Crippen LogP contribution in [0.5, 0.6) is 0 Å². The smallest absolute Gasteiger partial charge is 0.345 e. The van der Waals surface area contributed by atoms with E-state index in [1.165, 1.54) is 0 Å². The van der Waals surface area contributed by atoms with E-state index in [4.69, 9.17) is 0 Å². The lowest BCUT2D eigenvalue weighted by molar-refractivity contribution is -0.133. The molecule has 0 bridgehead atoms. The van der Waals surface area contributed by atoms with Crippen LogP contribution in [0.3, 0.4) is 0 Å². The number of aromatic amines is 1. The molecule has 1 fully saturated rings. The average Bonchev–Trinajstić information content (AvgIpc) is 2.47. The quantitative estimate of drug-likeness (QED) is 0.807. The summed E-state index contributed by atoms with van der Waals surface area (Å²) in [6.45, 7) is 5.67. The molecule has 0 saturated carbocycles. The third-order valence-corrected chi connectivity index (χ3v) is 3.75. The molecule has 7 heteroatoms. The Bertz CT molecular complexity index is 624. The van der Waals surface area contributed by atoms with E-state index in [9.17, 15) is 14.4 Å². The minimum Gasteiger partial charge on any atom is -0.349 e. The Hall–Kier alpha value is -2.18. The number of H-pyrrole nitrogens is 1. The van der Waals surface area contributed by atoms with Crippen molar-refractivity contribution >= 4 is 11.8 Å². The number of rotatable bonds is 6. The maximum Gasteiger partial charge on any atom is 0.345 e. The molecule has 0 atom stereocenters. The molecule has 2 N–H and O–H groups in total. The summed E-state index contributed by atoms with van der Waals surface area (Å²) in [6, 6.07) is 1.61. The van der Waals surface area contributed by atoms with E-state index in [0.717, 1.165) is 19.4 Å². The fourth-order valence-electron chi connectivity index (χ4n) is 2.67. The SMILES string of the molecule is CC(C)Cc1cc(C(=O)NCCN2CCCCC2=O)nc(=O)[nH]1. The van der Waals surface area contributed by atoms with Crippen molar-refractivity contribution in [3.05, 3.63) is 27.9 Å². The summed E-state index contributed by atoms with van der Waals surface area (Å²) in [5.41, 5.74) is 0.310. The van der Waals surface area contributed by atoms with E-state index >= 15 is 0 Å². The highest BCUT2D eigenvalue weighted by Crippen LogP contribution is 2.09. The summed E-state index contributed by atoms with van der Waals surface area (Å²) >= 11 is 0. The average molecular weight is 320 g/mol. The van der Waals surface area contributed by atoms with Crippen LogP contribution in [-0.4, -0.2) is 46.3 Å². The third kappa shape index (κ3) is 5.19. The predicted molar refractivity (Wildman–Crippen MR) is 86.2 cm³/mol. The van der Waals surface area contributed by atoms with E-state index in [0.29, 0.717) is 37.5 Å². The van der Waals surface area contributed by atoms with Crippen LogP contribution in [0.2, 0.25) is 0 Å². The van der Waals surface area contributed by atoms with Gasteiger partial charge in [-0.2, -0.15) is 4.98 Å². The van der Waals surface area contributed by atoms with Crippen LogP contribution in [0, 0.1) is 5.92 Å². The number of hydrogen-bond acceptors (Lipinski definition) is 4. The molecule has 7 nitrogen and oxygen atoms in total. The molecule has 0 radical (unpaired) electrons. The predicted octanol–water partition coefficient (Wildman–Crippen LogP) is 0.711. The number of carbonyl (C=O) groups excluding carboxylic acids is 2. The molecule has 0 unspecified atom stereocenters. The molecule has 0 aromatic carbocycles. The highest BCUT2D eigenvalue weighted by Gasteiger charge is 2.18. The van der Waals surface area contributed by atoms with Crippen molar-refractivity contribution < 1.29 is 9.59 Å². The van der Waals surface area contributed by atoms with Gasteiger partial charge in [0.15, 0.2) is 0 Å². The molecule has 126 valence electrons. The van der Waals surface area contributed by atoms with Gasteiger partial charge in [-0.3, -0.25) is 9.59 Å². The normalized spacial score (nSPS) is 15.1. The number of piperidine rings is 1. The summed E-state index contributed by atoms with van der Waals surface area (Å²) in [6.07, 6.45) is 3.22. The topological polar surface area (TPSA) is 95.2 Å². The van der Waals surface area contributed by atoms with Crippen molar-refractivity contribution in [2.75, 3.05) is 19.6 Å². The van der Waals surface area contributed by atoms with Gasteiger partial charge in [-0.1, -0.05) is 13.8 Å². The van der Waals surface area contributed by atoms with E-state index < -0.39 is 5.69 Å². The fraction of sp³-hybridized carbons (Fsp3) is 0.625. The summed E-state index contributed by atoms with van der Waals surface area (Å²) in [5, 5.41) is 2.73. The zero-order valence-corrected chi connectivity index (χ0v) is 13.7. The molecule has 0 spiro atoms. The first-order valence-corrected chi connectivity index (χ1v) is 8.12. The van der Waals surface area contributed by atoms with Gasteiger partial charge in [0.05, 0.1) is 0 Å². The van der Waals surface area contributed by atoms with Crippen LogP contribution in [0.25, 0.3) is 0 Å². The Labute approximate surface area is 135 Å². The summed E-state index contributed by atoms with van der Waals surface area (Å²) in [5.74, 6) is 0.124. The minimum absolute atomic E-state index is 0.120. The molecule has 1 saturated heterocycles. The molecule has 0 aliphatic carbocycles. The highest BCUT2D eigenvalue weighted by molar-refractivity contribution is 5.92. The Morgan fingerprint density at radius 1 is 1.39 bits per heavy atom. The van der Waals surface area contributed by atoms with E-state index in [2.05, 4.69) is 15.3 Å². The number of nitrogens with one attached hydrogen (secondary N) is 2. The number of aromatic nitrogens is 2. The van der Waals surface area contributed by atoms with Crippen LogP contribution in [0.1, 0.15) is 49.3 Å². The lowest BCUT2D eigenvalue weighted by atomic mass is 10.1. The number of hydrogen-bond donors (Lipinski definition) is 2. The van der Waals surface area contributed by atoms with Crippen molar-refractivity contribution in [2.45, 2.75) is 39.5 Å². The molecule has 1 aromatic heterocycles. The van der Waals surface area contributed by atoms with Crippen molar-refractivity contribution in [3.63, 3.8) is 0 Å². The monoisotopic (exact) mass is 320 g/mol. The van der Waals surface area contributed by atoms with Gasteiger partial charge in [0.2, 0.25) is 5.91 Å². The molecule has 1 aromatic rings. The van der Waals surface area contributed by atoms with Gasteiger partial charge >= 0.3 is 5.69 Å². The van der Waals surface area contributed by atoms with Gasteiger partial charge in [0.1, 0.15) is 5.69 Å². The van der Waals surface area contributed by atoms with Crippen LogP contribution in [0.4, 0.5) is 0 Å². The first-order chi connectivity index (χ1) is 11.0. The van der Waals surface area contributed by atoms with Gasteiger partial charge < -0.3 is 15.2 Å². The second-order valence-electron chi connectivity index (χ2n) is 6.29. The summed E-state index contributed by atoms with van der Waals surface area (Å²) in [4.78, 5) is 43.5. The molecule has 2 amide bonds. The molecule has 1 aliphatic rings. The maximum atomic E-state index is 12.1. The van der Waals surface area contributed by atoms with Gasteiger partial charge in [-0.15, -0.1) is 0 Å². The van der Waals surface area contributed by atoms with Gasteiger partial charge in [0.25, 0.3) is 5.91 Å². The number of likely N-dealkylation sites (tertiary alicyclic amines) is 1.